The molecular weight excluding hydrogens is 522 g/mol. The molecule has 41 heavy (non-hydrogen) atoms. The van der Waals surface area contributed by atoms with Crippen LogP contribution in [0, 0.1) is 23.0 Å². The maximum absolute atomic E-state index is 15.7. The Morgan fingerprint density at radius 2 is 1.39 bits per heavy atom. The van der Waals surface area contributed by atoms with Crippen LogP contribution < -0.4 is 14.4 Å². The molecular formula is C34H34F2N2O3. The van der Waals surface area contributed by atoms with E-state index in [1.54, 1.807) is 12.1 Å². The van der Waals surface area contributed by atoms with Gasteiger partial charge < -0.3 is 19.5 Å². The minimum Gasteiger partial charge on any atom is -0.473 e. The van der Waals surface area contributed by atoms with E-state index in [1.165, 1.54) is 12.1 Å². The summed E-state index contributed by atoms with van der Waals surface area (Å²) in [5.74, 6) is -0.506. The molecule has 1 aliphatic carbocycles. The summed E-state index contributed by atoms with van der Waals surface area (Å²) in [6.07, 6.45) is 4.03. The van der Waals surface area contributed by atoms with Crippen molar-refractivity contribution in [1.29, 1.82) is 0 Å². The molecule has 2 heterocycles. The molecule has 0 unspecified atom stereocenters. The van der Waals surface area contributed by atoms with Crippen molar-refractivity contribution in [2.75, 3.05) is 24.6 Å². The lowest BCUT2D eigenvalue weighted by Crippen LogP contribution is -2.48. The minimum atomic E-state index is -0.659. The first-order valence-electron chi connectivity index (χ1n) is 14.2. The number of nitrogens with zero attached hydrogens (tertiary/aromatic N) is 2. The van der Waals surface area contributed by atoms with Crippen molar-refractivity contribution in [2.45, 2.75) is 38.9 Å². The Morgan fingerprint density at radius 3 is 1.98 bits per heavy atom. The van der Waals surface area contributed by atoms with E-state index in [2.05, 4.69) is 9.88 Å². The molecule has 5 nitrogen and oxygen atoms in total. The lowest BCUT2D eigenvalue weighted by atomic mass is 9.58. The van der Waals surface area contributed by atoms with E-state index < -0.39 is 11.6 Å². The lowest BCUT2D eigenvalue weighted by molar-refractivity contribution is -0.00298. The number of pyridine rings is 1. The van der Waals surface area contributed by atoms with Crippen LogP contribution in [0.1, 0.15) is 36.8 Å². The Hall–Kier alpha value is -3.97. The summed E-state index contributed by atoms with van der Waals surface area (Å²) in [5.41, 5.74) is 2.77. The van der Waals surface area contributed by atoms with Gasteiger partial charge in [-0.1, -0.05) is 60.7 Å². The van der Waals surface area contributed by atoms with Crippen molar-refractivity contribution in [1.82, 2.24) is 4.98 Å². The summed E-state index contributed by atoms with van der Waals surface area (Å²) < 4.78 is 43.3. The van der Waals surface area contributed by atoms with E-state index in [4.69, 9.17) is 9.47 Å². The second-order valence-electron chi connectivity index (χ2n) is 11.3. The zero-order valence-electron chi connectivity index (χ0n) is 22.9. The normalized spacial score (nSPS) is 16.4. The van der Waals surface area contributed by atoms with Crippen LogP contribution in [0.15, 0.2) is 84.9 Å². The third-order valence-corrected chi connectivity index (χ3v) is 8.47. The molecule has 2 fully saturated rings. The number of aromatic nitrogens is 1. The molecule has 0 amide bonds. The van der Waals surface area contributed by atoms with Gasteiger partial charge >= 0.3 is 0 Å². The Bertz CT molecular complexity index is 1440. The highest BCUT2D eigenvalue weighted by Gasteiger charge is 2.45. The van der Waals surface area contributed by atoms with Crippen molar-refractivity contribution in [3.63, 3.8) is 0 Å². The van der Waals surface area contributed by atoms with Crippen LogP contribution >= 0.6 is 0 Å². The number of halogens is 2. The molecule has 1 N–H and O–H groups in total. The molecule has 6 rings (SSSR count). The van der Waals surface area contributed by atoms with Gasteiger partial charge in [-0.15, -0.1) is 0 Å². The first kappa shape index (κ1) is 27.2. The number of anilines is 1. The number of aliphatic hydroxyl groups is 1. The molecule has 1 aromatic heterocycles. The highest BCUT2D eigenvalue weighted by atomic mass is 19.1. The van der Waals surface area contributed by atoms with Gasteiger partial charge in [0.15, 0.2) is 0 Å². The summed E-state index contributed by atoms with van der Waals surface area (Å²) in [4.78, 5) is 6.57. The average molecular weight is 557 g/mol. The van der Waals surface area contributed by atoms with E-state index in [0.29, 0.717) is 24.1 Å². The smallest absolute Gasteiger partial charge is 0.225 e. The second-order valence-corrected chi connectivity index (χ2v) is 11.3. The van der Waals surface area contributed by atoms with Gasteiger partial charge in [0.2, 0.25) is 11.8 Å². The summed E-state index contributed by atoms with van der Waals surface area (Å²) in [5, 5.41) is 9.40. The molecule has 1 saturated carbocycles. The Balaban J connectivity index is 1.24. The van der Waals surface area contributed by atoms with Crippen LogP contribution in [0.2, 0.25) is 0 Å². The van der Waals surface area contributed by atoms with E-state index in [9.17, 15) is 5.11 Å². The van der Waals surface area contributed by atoms with E-state index >= 15 is 8.78 Å². The molecule has 0 bridgehead atoms. The van der Waals surface area contributed by atoms with Crippen LogP contribution in [0.5, 0.6) is 11.8 Å². The van der Waals surface area contributed by atoms with Crippen molar-refractivity contribution >= 4 is 5.69 Å². The van der Waals surface area contributed by atoms with Crippen molar-refractivity contribution < 1.29 is 23.4 Å². The van der Waals surface area contributed by atoms with Gasteiger partial charge in [0.1, 0.15) is 24.8 Å². The molecule has 3 aromatic carbocycles. The Morgan fingerprint density at radius 1 is 0.805 bits per heavy atom. The van der Waals surface area contributed by atoms with Crippen LogP contribution in [-0.4, -0.2) is 29.8 Å². The molecule has 1 spiro atoms. The fraction of sp³-hybridized carbons (Fsp3) is 0.324. The molecule has 2 aliphatic rings. The maximum atomic E-state index is 15.7. The van der Waals surface area contributed by atoms with Crippen molar-refractivity contribution in [3.8, 4) is 22.9 Å². The second kappa shape index (κ2) is 11.9. The number of hydrogen-bond donors (Lipinski definition) is 1. The SMILES string of the molecule is OCC1CC2(CCN(c3cc(F)c(-c4ccc(OCc5ccccc5)nc4OCc4ccccc4)c(F)c3)CC2)C1. The lowest BCUT2D eigenvalue weighted by Gasteiger charge is -2.52. The number of benzene rings is 3. The Labute approximate surface area is 239 Å². The standard InChI is InChI=1S/C34H34F2N2O3/c35-29-17-27(38-15-13-34(14-16-38)19-26(20-34)21-39)18-30(36)32(29)28-11-12-31(40-22-24-7-3-1-4-8-24)37-33(28)41-23-25-9-5-2-6-10-25/h1-12,17-18,26,39H,13-16,19-23H2. The van der Waals surface area contributed by atoms with Gasteiger partial charge in [-0.05, 0) is 66.3 Å². The molecule has 1 aliphatic heterocycles. The monoisotopic (exact) mass is 556 g/mol. The van der Waals surface area contributed by atoms with Gasteiger partial charge in [-0.2, -0.15) is 4.98 Å². The molecule has 0 radical (unpaired) electrons. The molecule has 212 valence electrons. The fourth-order valence-corrected chi connectivity index (χ4v) is 6.20. The van der Waals surface area contributed by atoms with Gasteiger partial charge in [-0.25, -0.2) is 8.78 Å². The topological polar surface area (TPSA) is 54.8 Å². The number of ether oxygens (including phenoxy) is 2. The molecule has 1 saturated heterocycles. The quantitative estimate of drug-likeness (QED) is 0.237. The number of hydrogen-bond acceptors (Lipinski definition) is 5. The van der Waals surface area contributed by atoms with Crippen molar-refractivity contribution in [2.24, 2.45) is 11.3 Å². The summed E-state index contributed by atoms with van der Waals surface area (Å²) >= 11 is 0. The number of rotatable bonds is 9. The van der Waals surface area contributed by atoms with Crippen molar-refractivity contribution in [3.05, 3.63) is 108 Å². The average Bonchev–Trinajstić information content (AvgIpc) is 2.99. The molecule has 7 heteroatoms. The molecule has 4 aromatic rings. The first-order valence-corrected chi connectivity index (χ1v) is 14.2. The van der Waals surface area contributed by atoms with Crippen LogP contribution in [-0.2, 0) is 13.2 Å². The predicted octanol–water partition coefficient (Wildman–Crippen LogP) is 7.17. The predicted molar refractivity (Wildman–Crippen MR) is 155 cm³/mol. The maximum Gasteiger partial charge on any atom is 0.225 e. The highest BCUT2D eigenvalue weighted by Crippen LogP contribution is 2.52. The zero-order chi connectivity index (χ0) is 28.2. The molecule has 0 atom stereocenters. The summed E-state index contributed by atoms with van der Waals surface area (Å²) in [6.45, 7) is 2.24. The number of aliphatic hydroxyl groups excluding tert-OH is 1. The van der Waals surface area contributed by atoms with Crippen LogP contribution in [0.25, 0.3) is 11.1 Å². The minimum absolute atomic E-state index is 0.105. The summed E-state index contributed by atoms with van der Waals surface area (Å²) in [7, 11) is 0. The highest BCUT2D eigenvalue weighted by molar-refractivity contribution is 5.72. The van der Waals surface area contributed by atoms with E-state index in [1.807, 2.05) is 60.7 Å². The summed E-state index contributed by atoms with van der Waals surface area (Å²) in [6, 6.07) is 25.3. The van der Waals surface area contributed by atoms with Gasteiger partial charge in [0.05, 0.1) is 11.1 Å². The van der Waals surface area contributed by atoms with Gasteiger partial charge in [0, 0.05) is 31.5 Å². The zero-order valence-corrected chi connectivity index (χ0v) is 22.9. The van der Waals surface area contributed by atoms with Gasteiger partial charge in [-0.3, -0.25) is 0 Å². The van der Waals surface area contributed by atoms with E-state index in [-0.39, 0.29) is 35.6 Å². The largest absolute Gasteiger partial charge is 0.473 e. The number of piperidine rings is 1. The Kier molecular flexibility index (Phi) is 7.88. The van der Waals surface area contributed by atoms with Crippen LogP contribution in [0.4, 0.5) is 14.5 Å². The first-order chi connectivity index (χ1) is 20.0. The van der Waals surface area contributed by atoms with Gasteiger partial charge in [0.25, 0.3) is 0 Å². The van der Waals surface area contributed by atoms with E-state index in [0.717, 1.165) is 49.9 Å². The third-order valence-electron chi connectivity index (χ3n) is 8.47. The third kappa shape index (κ3) is 6.05. The van der Waals surface area contributed by atoms with Crippen LogP contribution in [0.3, 0.4) is 0 Å². The fourth-order valence-electron chi connectivity index (χ4n) is 6.20.